The number of thiocarbonyl (C=S) groups is 1. The monoisotopic (exact) mass is 315 g/mol. The number of aryl methyl sites for hydroxylation is 1. The van der Waals surface area contributed by atoms with Crippen LogP contribution in [0.25, 0.3) is 17.4 Å². The van der Waals surface area contributed by atoms with E-state index in [9.17, 15) is 4.79 Å². The number of carbonyl (C=O) groups excluding carboxylic acids is 1. The third-order valence-corrected chi connectivity index (χ3v) is 4.71. The van der Waals surface area contributed by atoms with E-state index in [0.29, 0.717) is 15.0 Å². The molecule has 0 spiro atoms. The highest BCUT2D eigenvalue weighted by molar-refractivity contribution is 8.26. The Hall–Kier alpha value is -1.85. The Kier molecular flexibility index (Phi) is 3.69. The lowest BCUT2D eigenvalue weighted by Crippen LogP contribution is -2.22. The van der Waals surface area contributed by atoms with Crippen molar-refractivity contribution in [3.63, 3.8) is 0 Å². The van der Waals surface area contributed by atoms with Gasteiger partial charge in [0.05, 0.1) is 4.91 Å². The quantitative estimate of drug-likeness (QED) is 0.617. The van der Waals surface area contributed by atoms with Crippen LogP contribution in [-0.2, 0) is 4.79 Å². The zero-order chi connectivity index (χ0) is 15.0. The van der Waals surface area contributed by atoms with Crippen LogP contribution in [0.5, 0.6) is 0 Å². The summed E-state index contributed by atoms with van der Waals surface area (Å²) in [7, 11) is 1.68. The second-order valence-corrected chi connectivity index (χ2v) is 6.48. The molecule has 2 heterocycles. The van der Waals surface area contributed by atoms with Crippen LogP contribution in [0.3, 0.4) is 0 Å². The van der Waals surface area contributed by atoms with E-state index in [-0.39, 0.29) is 5.91 Å². The van der Waals surface area contributed by atoms with Crippen LogP contribution in [0.15, 0.2) is 45.7 Å². The van der Waals surface area contributed by atoms with Crippen LogP contribution < -0.4 is 0 Å². The van der Waals surface area contributed by atoms with E-state index < -0.39 is 0 Å². The van der Waals surface area contributed by atoms with Crippen molar-refractivity contribution in [3.8, 4) is 11.3 Å². The van der Waals surface area contributed by atoms with Crippen LogP contribution >= 0.6 is 24.0 Å². The van der Waals surface area contributed by atoms with Crippen molar-refractivity contribution in [1.82, 2.24) is 4.90 Å². The molecule has 0 radical (unpaired) electrons. The van der Waals surface area contributed by atoms with Crippen LogP contribution in [0.4, 0.5) is 0 Å². The Bertz CT molecular complexity index is 744. The predicted octanol–water partition coefficient (Wildman–Crippen LogP) is 4.09. The number of thioether (sulfide) groups is 1. The fourth-order valence-corrected chi connectivity index (χ4v) is 3.14. The molecule has 0 unspecified atom stereocenters. The predicted molar refractivity (Wildman–Crippen MR) is 89.8 cm³/mol. The lowest BCUT2D eigenvalue weighted by Gasteiger charge is -2.03. The topological polar surface area (TPSA) is 33.5 Å². The van der Waals surface area contributed by atoms with Crippen molar-refractivity contribution in [1.29, 1.82) is 0 Å². The first-order valence-electron chi connectivity index (χ1n) is 6.43. The number of rotatable bonds is 2. The average Bonchev–Trinajstić information content (AvgIpc) is 3.02. The molecular formula is C16H13NO2S2. The number of hydrogen-bond acceptors (Lipinski definition) is 4. The normalized spacial score (nSPS) is 17.0. The average molecular weight is 315 g/mol. The van der Waals surface area contributed by atoms with Gasteiger partial charge in [0.1, 0.15) is 15.8 Å². The van der Waals surface area contributed by atoms with Crippen LogP contribution in [0.1, 0.15) is 11.3 Å². The molecule has 5 heteroatoms. The smallest absolute Gasteiger partial charge is 0.266 e. The molecule has 1 aromatic carbocycles. The van der Waals surface area contributed by atoms with Gasteiger partial charge in [0.25, 0.3) is 5.91 Å². The molecule has 1 saturated heterocycles. The lowest BCUT2D eigenvalue weighted by molar-refractivity contribution is -0.121. The zero-order valence-electron chi connectivity index (χ0n) is 11.6. The molecule has 1 aromatic heterocycles. The number of amides is 1. The van der Waals surface area contributed by atoms with E-state index in [1.807, 2.05) is 43.3 Å². The van der Waals surface area contributed by atoms with E-state index in [1.54, 1.807) is 13.1 Å². The van der Waals surface area contributed by atoms with Gasteiger partial charge in [0, 0.05) is 18.7 Å². The maximum atomic E-state index is 11.9. The maximum absolute atomic E-state index is 11.9. The van der Waals surface area contributed by atoms with Crippen LogP contribution in [0.2, 0.25) is 0 Å². The number of benzene rings is 1. The zero-order valence-corrected chi connectivity index (χ0v) is 13.3. The number of likely N-dealkylation sites (N-methyl/N-ethyl adjacent to an activating group) is 1. The molecule has 2 aromatic rings. The molecule has 0 N–H and O–H groups in total. The molecule has 0 aliphatic carbocycles. The summed E-state index contributed by atoms with van der Waals surface area (Å²) >= 11 is 6.40. The summed E-state index contributed by atoms with van der Waals surface area (Å²) in [6, 6.07) is 11.9. The standard InChI is InChI=1S/C16H13NO2S2/c1-10-3-5-11(6-4-10)13-8-7-12(19-13)9-14-15(18)17(2)16(20)21-14/h3-9H,1-2H3/b14-9+. The van der Waals surface area contributed by atoms with Gasteiger partial charge in [0.15, 0.2) is 0 Å². The molecule has 3 rings (SSSR count). The number of nitrogens with zero attached hydrogens (tertiary/aromatic N) is 1. The molecule has 1 aliphatic heterocycles. The minimum atomic E-state index is -0.0849. The molecule has 106 valence electrons. The number of furan rings is 1. The summed E-state index contributed by atoms with van der Waals surface area (Å²) in [6.45, 7) is 2.05. The van der Waals surface area contributed by atoms with E-state index in [0.717, 1.165) is 11.3 Å². The SMILES string of the molecule is Cc1ccc(-c2ccc(/C=C3/SC(=S)N(C)C3=O)o2)cc1. The Morgan fingerprint density at radius 3 is 2.52 bits per heavy atom. The van der Waals surface area contributed by atoms with Gasteiger partial charge in [0.2, 0.25) is 0 Å². The van der Waals surface area contributed by atoms with Crippen molar-refractivity contribution >= 4 is 40.3 Å². The minimum absolute atomic E-state index is 0.0849. The second-order valence-electron chi connectivity index (χ2n) is 4.81. The van der Waals surface area contributed by atoms with Crippen LogP contribution in [0, 0.1) is 6.92 Å². The van der Waals surface area contributed by atoms with Crippen molar-refractivity contribution in [2.24, 2.45) is 0 Å². The third-order valence-electron chi connectivity index (χ3n) is 3.22. The molecule has 1 aliphatic rings. The van der Waals surface area contributed by atoms with Gasteiger partial charge in [-0.3, -0.25) is 9.69 Å². The van der Waals surface area contributed by atoms with Gasteiger partial charge in [-0.1, -0.05) is 53.8 Å². The Morgan fingerprint density at radius 1 is 1.19 bits per heavy atom. The van der Waals surface area contributed by atoms with Gasteiger partial charge in [-0.05, 0) is 19.1 Å². The summed E-state index contributed by atoms with van der Waals surface area (Å²) in [5.41, 5.74) is 2.22. The summed E-state index contributed by atoms with van der Waals surface area (Å²) in [4.78, 5) is 14.0. The molecule has 1 fully saturated rings. The highest BCUT2D eigenvalue weighted by Gasteiger charge is 2.28. The van der Waals surface area contributed by atoms with Gasteiger partial charge in [-0.2, -0.15) is 0 Å². The summed E-state index contributed by atoms with van der Waals surface area (Å²) in [5, 5.41) is 0. The number of hydrogen-bond donors (Lipinski definition) is 0. The van der Waals surface area contributed by atoms with Gasteiger partial charge in [-0.25, -0.2) is 0 Å². The molecule has 3 nitrogen and oxygen atoms in total. The Labute approximate surface area is 132 Å². The molecule has 21 heavy (non-hydrogen) atoms. The van der Waals surface area contributed by atoms with Crippen molar-refractivity contribution < 1.29 is 9.21 Å². The minimum Gasteiger partial charge on any atom is -0.457 e. The molecular weight excluding hydrogens is 302 g/mol. The first kappa shape index (κ1) is 14.1. The van der Waals surface area contributed by atoms with Gasteiger partial charge < -0.3 is 4.42 Å². The van der Waals surface area contributed by atoms with Gasteiger partial charge >= 0.3 is 0 Å². The van der Waals surface area contributed by atoms with E-state index in [1.165, 1.54) is 22.2 Å². The summed E-state index contributed by atoms with van der Waals surface area (Å²) in [5.74, 6) is 1.35. The highest BCUT2D eigenvalue weighted by Crippen LogP contribution is 2.32. The molecule has 0 bridgehead atoms. The Balaban J connectivity index is 1.87. The second kappa shape index (κ2) is 5.50. The molecule has 1 amide bonds. The number of carbonyl (C=O) groups is 1. The fourth-order valence-electron chi connectivity index (χ4n) is 1.98. The van der Waals surface area contributed by atoms with Crippen molar-refractivity contribution in [2.75, 3.05) is 7.05 Å². The lowest BCUT2D eigenvalue weighted by atomic mass is 10.1. The van der Waals surface area contributed by atoms with E-state index >= 15 is 0 Å². The molecule has 0 atom stereocenters. The third kappa shape index (κ3) is 2.80. The molecule has 0 saturated carbocycles. The summed E-state index contributed by atoms with van der Waals surface area (Å²) in [6.07, 6.45) is 1.74. The van der Waals surface area contributed by atoms with Crippen LogP contribution in [-0.4, -0.2) is 22.2 Å². The van der Waals surface area contributed by atoms with Crippen molar-refractivity contribution in [3.05, 3.63) is 52.6 Å². The first-order chi connectivity index (χ1) is 10.0. The highest BCUT2D eigenvalue weighted by atomic mass is 32.2. The maximum Gasteiger partial charge on any atom is 0.266 e. The van der Waals surface area contributed by atoms with E-state index in [2.05, 4.69) is 0 Å². The van der Waals surface area contributed by atoms with Crippen molar-refractivity contribution in [2.45, 2.75) is 6.92 Å². The van der Waals surface area contributed by atoms with E-state index in [4.69, 9.17) is 16.6 Å². The summed E-state index contributed by atoms with van der Waals surface area (Å²) < 4.78 is 6.35. The largest absolute Gasteiger partial charge is 0.457 e. The first-order valence-corrected chi connectivity index (χ1v) is 7.65. The van der Waals surface area contributed by atoms with Gasteiger partial charge in [-0.15, -0.1) is 0 Å². The Morgan fingerprint density at radius 2 is 1.90 bits per heavy atom. The fraction of sp³-hybridized carbons (Fsp3) is 0.125.